The molecule has 2 heterocycles. The monoisotopic (exact) mass is 300 g/mol. The van der Waals surface area contributed by atoms with Crippen molar-refractivity contribution < 1.29 is 9.90 Å². The molecule has 2 aromatic rings. The summed E-state index contributed by atoms with van der Waals surface area (Å²) < 4.78 is 0. The van der Waals surface area contributed by atoms with Crippen LogP contribution in [-0.2, 0) is 17.8 Å². The Hall–Kier alpha value is -1.81. The zero-order chi connectivity index (χ0) is 15.9. The maximum absolute atomic E-state index is 12.6. The molecule has 4 nitrogen and oxygen atoms in total. The molecule has 0 saturated carbocycles. The number of carbonyl (C=O) groups excluding carboxylic acids is 1. The number of hydrogen-bond donors (Lipinski definition) is 2. The van der Waals surface area contributed by atoms with Crippen molar-refractivity contribution >= 4 is 16.8 Å². The van der Waals surface area contributed by atoms with Crippen LogP contribution in [0.1, 0.15) is 38.4 Å². The molecule has 118 valence electrons. The number of aliphatic hydroxyl groups excluding tert-OH is 1. The highest BCUT2D eigenvalue weighted by Crippen LogP contribution is 2.31. The summed E-state index contributed by atoms with van der Waals surface area (Å²) in [4.78, 5) is 17.9. The van der Waals surface area contributed by atoms with E-state index in [0.717, 1.165) is 11.2 Å². The molecular weight excluding hydrogens is 276 g/mol. The van der Waals surface area contributed by atoms with E-state index in [2.05, 4.69) is 37.9 Å². The summed E-state index contributed by atoms with van der Waals surface area (Å²) >= 11 is 0. The number of para-hydroxylation sites is 1. The Morgan fingerprint density at radius 2 is 2.09 bits per heavy atom. The number of H-pyrrole nitrogens is 1. The van der Waals surface area contributed by atoms with Gasteiger partial charge in [0, 0.05) is 23.0 Å². The normalized spacial score (nSPS) is 18.5. The molecule has 0 aliphatic carbocycles. The Balaban J connectivity index is 1.93. The number of carbonyl (C=O) groups is 1. The number of benzene rings is 1. The number of hydrogen-bond acceptors (Lipinski definition) is 2. The van der Waals surface area contributed by atoms with Gasteiger partial charge in [-0.3, -0.25) is 4.79 Å². The first-order valence-electron chi connectivity index (χ1n) is 7.88. The lowest BCUT2D eigenvalue weighted by Gasteiger charge is -2.36. The van der Waals surface area contributed by atoms with Crippen LogP contribution in [0.4, 0.5) is 0 Å². The molecule has 1 unspecified atom stereocenters. The van der Waals surface area contributed by atoms with E-state index in [1.807, 2.05) is 17.0 Å². The number of nitrogens with one attached hydrogen (secondary N) is 1. The van der Waals surface area contributed by atoms with Gasteiger partial charge in [0.05, 0.1) is 19.2 Å². The molecule has 0 fully saturated rings. The summed E-state index contributed by atoms with van der Waals surface area (Å²) in [6, 6.07) is 8.08. The van der Waals surface area contributed by atoms with E-state index >= 15 is 0 Å². The summed E-state index contributed by atoms with van der Waals surface area (Å²) in [5.74, 6) is 0.121. The van der Waals surface area contributed by atoms with Crippen molar-refractivity contribution in [3.8, 4) is 0 Å². The van der Waals surface area contributed by atoms with Crippen LogP contribution in [-0.4, -0.2) is 33.5 Å². The van der Waals surface area contributed by atoms with Crippen LogP contribution in [0.5, 0.6) is 0 Å². The zero-order valence-electron chi connectivity index (χ0n) is 13.5. The molecule has 0 bridgehead atoms. The molecule has 1 aromatic heterocycles. The minimum atomic E-state index is -0.124. The van der Waals surface area contributed by atoms with E-state index in [-0.39, 0.29) is 24.0 Å². The van der Waals surface area contributed by atoms with E-state index in [0.29, 0.717) is 19.4 Å². The third-order valence-electron chi connectivity index (χ3n) is 4.32. The van der Waals surface area contributed by atoms with Crippen LogP contribution in [0.2, 0.25) is 0 Å². The predicted octanol–water partition coefficient (Wildman–Crippen LogP) is 2.85. The number of fused-ring (bicyclic) bond motifs is 3. The minimum absolute atomic E-state index is 0.00876. The fourth-order valence-electron chi connectivity index (χ4n) is 3.28. The van der Waals surface area contributed by atoms with E-state index in [1.165, 1.54) is 10.9 Å². The van der Waals surface area contributed by atoms with Crippen molar-refractivity contribution in [3.05, 3.63) is 35.5 Å². The van der Waals surface area contributed by atoms with Crippen LogP contribution in [0, 0.1) is 5.41 Å². The predicted molar refractivity (Wildman–Crippen MR) is 87.5 cm³/mol. The molecule has 1 aliphatic heterocycles. The Morgan fingerprint density at radius 3 is 2.77 bits per heavy atom. The van der Waals surface area contributed by atoms with E-state index in [4.69, 9.17) is 0 Å². The number of nitrogens with zero attached hydrogens (tertiary/aromatic N) is 1. The Kier molecular flexibility index (Phi) is 3.73. The van der Waals surface area contributed by atoms with Crippen molar-refractivity contribution in [1.29, 1.82) is 0 Å². The SMILES string of the molecule is CC(C)(C)CC(=O)N1Cc2[nH]c3ccccc3c2CC1CO. The second-order valence-electron chi connectivity index (χ2n) is 7.43. The summed E-state index contributed by atoms with van der Waals surface area (Å²) in [5.41, 5.74) is 3.41. The van der Waals surface area contributed by atoms with Gasteiger partial charge in [0.25, 0.3) is 0 Å². The molecular formula is C18H24N2O2. The molecule has 0 radical (unpaired) electrons. The van der Waals surface area contributed by atoms with Crippen molar-refractivity contribution in [2.75, 3.05) is 6.61 Å². The molecule has 1 aliphatic rings. The van der Waals surface area contributed by atoms with Gasteiger partial charge in [-0.05, 0) is 23.5 Å². The average molecular weight is 300 g/mol. The third-order valence-corrected chi connectivity index (χ3v) is 4.32. The highest BCUT2D eigenvalue weighted by atomic mass is 16.3. The average Bonchev–Trinajstić information content (AvgIpc) is 2.81. The van der Waals surface area contributed by atoms with Crippen molar-refractivity contribution in [2.24, 2.45) is 5.41 Å². The van der Waals surface area contributed by atoms with E-state index in [1.54, 1.807) is 0 Å². The van der Waals surface area contributed by atoms with E-state index < -0.39 is 0 Å². The molecule has 22 heavy (non-hydrogen) atoms. The summed E-state index contributed by atoms with van der Waals surface area (Å²) in [6.45, 7) is 6.77. The smallest absolute Gasteiger partial charge is 0.223 e. The van der Waals surface area contributed by atoms with Crippen molar-refractivity contribution in [2.45, 2.75) is 46.2 Å². The van der Waals surface area contributed by atoms with Crippen LogP contribution < -0.4 is 0 Å². The molecule has 1 atom stereocenters. The number of rotatable bonds is 2. The van der Waals surface area contributed by atoms with Crippen molar-refractivity contribution in [3.63, 3.8) is 0 Å². The van der Waals surface area contributed by atoms with Gasteiger partial charge in [0.1, 0.15) is 0 Å². The minimum Gasteiger partial charge on any atom is -0.394 e. The maximum Gasteiger partial charge on any atom is 0.223 e. The number of aromatic amines is 1. The fraction of sp³-hybridized carbons (Fsp3) is 0.500. The van der Waals surface area contributed by atoms with E-state index in [9.17, 15) is 9.90 Å². The largest absolute Gasteiger partial charge is 0.394 e. The quantitative estimate of drug-likeness (QED) is 0.896. The van der Waals surface area contributed by atoms with Gasteiger partial charge in [0.15, 0.2) is 0 Å². The fourth-order valence-corrected chi connectivity index (χ4v) is 3.28. The van der Waals surface area contributed by atoms with Gasteiger partial charge >= 0.3 is 0 Å². The first-order valence-corrected chi connectivity index (χ1v) is 7.88. The molecule has 0 saturated heterocycles. The molecule has 3 rings (SSSR count). The van der Waals surface area contributed by atoms with Gasteiger partial charge in [-0.25, -0.2) is 0 Å². The first kappa shape index (κ1) is 15.1. The van der Waals surface area contributed by atoms with Crippen LogP contribution in [0.25, 0.3) is 10.9 Å². The molecule has 1 amide bonds. The van der Waals surface area contributed by atoms with Gasteiger partial charge in [-0.15, -0.1) is 0 Å². The number of aromatic nitrogens is 1. The lowest BCUT2D eigenvalue weighted by molar-refractivity contribution is -0.137. The highest BCUT2D eigenvalue weighted by Gasteiger charge is 2.32. The first-order chi connectivity index (χ1) is 10.4. The second kappa shape index (κ2) is 5.43. The number of amides is 1. The lowest BCUT2D eigenvalue weighted by Crippen LogP contribution is -2.47. The maximum atomic E-state index is 12.6. The summed E-state index contributed by atoms with van der Waals surface area (Å²) in [7, 11) is 0. The van der Waals surface area contributed by atoms with Crippen LogP contribution in [0.15, 0.2) is 24.3 Å². The molecule has 0 spiro atoms. The third kappa shape index (κ3) is 2.75. The Bertz CT molecular complexity index is 697. The standard InChI is InChI=1S/C18H24N2O2/c1-18(2,3)9-17(22)20-10-16-14(8-12(20)11-21)13-6-4-5-7-15(13)19-16/h4-7,12,19,21H,8-11H2,1-3H3. The van der Waals surface area contributed by atoms with Gasteiger partial charge in [-0.2, -0.15) is 0 Å². The molecule has 2 N–H and O–H groups in total. The second-order valence-corrected chi connectivity index (χ2v) is 7.43. The van der Waals surface area contributed by atoms with Gasteiger partial charge < -0.3 is 15.0 Å². The Labute approximate surface area is 131 Å². The lowest BCUT2D eigenvalue weighted by atomic mass is 9.90. The summed E-state index contributed by atoms with van der Waals surface area (Å²) in [6.07, 6.45) is 1.21. The zero-order valence-corrected chi connectivity index (χ0v) is 13.5. The van der Waals surface area contributed by atoms with Crippen LogP contribution in [0.3, 0.4) is 0 Å². The number of aliphatic hydroxyl groups is 1. The Morgan fingerprint density at radius 1 is 1.36 bits per heavy atom. The van der Waals surface area contributed by atoms with Crippen LogP contribution >= 0.6 is 0 Å². The molecule has 1 aromatic carbocycles. The topological polar surface area (TPSA) is 56.3 Å². The van der Waals surface area contributed by atoms with Crippen molar-refractivity contribution in [1.82, 2.24) is 9.88 Å². The van der Waals surface area contributed by atoms with Gasteiger partial charge in [0.2, 0.25) is 5.91 Å². The van der Waals surface area contributed by atoms with Gasteiger partial charge in [-0.1, -0.05) is 39.0 Å². The highest BCUT2D eigenvalue weighted by molar-refractivity contribution is 5.86. The molecule has 4 heteroatoms. The summed E-state index contributed by atoms with van der Waals surface area (Å²) in [5, 5.41) is 10.9.